The van der Waals surface area contributed by atoms with Crippen LogP contribution in [0, 0.1) is 0 Å². The molecule has 0 spiro atoms. The monoisotopic (exact) mass is 436 g/mol. The average molecular weight is 436 g/mol. The van der Waals surface area contributed by atoms with Crippen LogP contribution in [0.15, 0.2) is 54.4 Å². The van der Waals surface area contributed by atoms with Crippen LogP contribution in [-0.2, 0) is 9.53 Å². The van der Waals surface area contributed by atoms with Crippen molar-refractivity contribution in [3.8, 4) is 17.2 Å². The minimum absolute atomic E-state index is 0.227. The number of nitrogens with one attached hydrogen (secondary N) is 1. The van der Waals surface area contributed by atoms with E-state index in [1.54, 1.807) is 24.8 Å². The maximum atomic E-state index is 13.3. The molecule has 3 aromatic rings. The van der Waals surface area contributed by atoms with E-state index in [1.807, 2.05) is 36.4 Å². The summed E-state index contributed by atoms with van der Waals surface area (Å²) in [6.07, 6.45) is 1.43. The first kappa shape index (κ1) is 21.2. The van der Waals surface area contributed by atoms with Crippen LogP contribution < -0.4 is 19.5 Å². The topological polar surface area (TPSA) is 96.7 Å². The minimum Gasteiger partial charge on any atom is -0.493 e. The molecule has 9 nitrogen and oxygen atoms in total. The summed E-state index contributed by atoms with van der Waals surface area (Å²) >= 11 is 0. The van der Waals surface area contributed by atoms with Gasteiger partial charge in [-0.15, -0.1) is 0 Å². The molecule has 2 aromatic carbocycles. The van der Waals surface area contributed by atoms with Gasteiger partial charge in [0.2, 0.25) is 11.7 Å². The second kappa shape index (κ2) is 9.01. The Balaban J connectivity index is 2.03. The number of aromatic nitrogens is 3. The fourth-order valence-electron chi connectivity index (χ4n) is 3.85. The molecule has 166 valence electrons. The van der Waals surface area contributed by atoms with E-state index in [-0.39, 0.29) is 6.61 Å². The summed E-state index contributed by atoms with van der Waals surface area (Å²) in [7, 11) is 4.62. The van der Waals surface area contributed by atoms with E-state index in [4.69, 9.17) is 18.9 Å². The van der Waals surface area contributed by atoms with Crippen molar-refractivity contribution >= 4 is 17.6 Å². The van der Waals surface area contributed by atoms with Gasteiger partial charge < -0.3 is 24.3 Å². The van der Waals surface area contributed by atoms with Gasteiger partial charge in [0.1, 0.15) is 12.4 Å². The number of fused-ring (bicyclic) bond motifs is 1. The Morgan fingerprint density at radius 1 is 1.03 bits per heavy atom. The van der Waals surface area contributed by atoms with Crippen molar-refractivity contribution in [2.45, 2.75) is 13.0 Å². The first-order valence-electron chi connectivity index (χ1n) is 10.1. The van der Waals surface area contributed by atoms with Gasteiger partial charge in [-0.05, 0) is 24.6 Å². The molecular formula is C23H24N4O5. The molecule has 1 aliphatic heterocycles. The van der Waals surface area contributed by atoms with Gasteiger partial charge in [-0.1, -0.05) is 30.3 Å². The molecule has 0 radical (unpaired) electrons. The van der Waals surface area contributed by atoms with Crippen LogP contribution in [0.25, 0.3) is 5.70 Å². The lowest BCUT2D eigenvalue weighted by molar-refractivity contribution is -0.138. The van der Waals surface area contributed by atoms with Crippen molar-refractivity contribution in [2.24, 2.45) is 0 Å². The zero-order chi connectivity index (χ0) is 22.7. The van der Waals surface area contributed by atoms with Crippen molar-refractivity contribution in [1.29, 1.82) is 0 Å². The predicted octanol–water partition coefficient (Wildman–Crippen LogP) is 3.29. The van der Waals surface area contributed by atoms with Gasteiger partial charge in [0.15, 0.2) is 11.5 Å². The molecule has 4 rings (SSSR count). The fourth-order valence-corrected chi connectivity index (χ4v) is 3.85. The predicted molar refractivity (Wildman–Crippen MR) is 118 cm³/mol. The number of nitrogens with zero attached hydrogens (tertiary/aromatic N) is 3. The highest BCUT2D eigenvalue weighted by Crippen LogP contribution is 2.47. The van der Waals surface area contributed by atoms with E-state index in [0.717, 1.165) is 5.56 Å². The number of carbonyl (C=O) groups excluding carboxylic acids is 1. The molecule has 0 amide bonds. The molecule has 32 heavy (non-hydrogen) atoms. The summed E-state index contributed by atoms with van der Waals surface area (Å²) in [5, 5.41) is 7.62. The number of carbonyl (C=O) groups is 1. The summed E-state index contributed by atoms with van der Waals surface area (Å²) < 4.78 is 23.8. The normalized spacial score (nSPS) is 14.9. The first-order valence-corrected chi connectivity index (χ1v) is 10.1. The maximum absolute atomic E-state index is 13.3. The molecule has 0 aliphatic carbocycles. The van der Waals surface area contributed by atoms with Gasteiger partial charge in [0, 0.05) is 5.56 Å². The Labute approximate surface area is 185 Å². The molecule has 0 unspecified atom stereocenters. The zero-order valence-corrected chi connectivity index (χ0v) is 18.3. The van der Waals surface area contributed by atoms with Gasteiger partial charge >= 0.3 is 5.97 Å². The Morgan fingerprint density at radius 2 is 1.78 bits per heavy atom. The van der Waals surface area contributed by atoms with Crippen LogP contribution in [0.2, 0.25) is 0 Å². The van der Waals surface area contributed by atoms with E-state index < -0.39 is 12.0 Å². The molecule has 9 heteroatoms. The standard InChI is InChI=1S/C23H24N4O5/c1-5-32-22(28)17-18(14-9-7-6-8-10-14)26-23-24-13-25-27(23)19(17)15-11-12-16(29-2)21(31-4)20(15)30-3/h6-13,19H,5H2,1-4H3,(H,24,25,26)/t19-/m1/s1. The molecule has 2 heterocycles. The molecule has 1 aliphatic rings. The van der Waals surface area contributed by atoms with Crippen molar-refractivity contribution in [3.05, 3.63) is 65.5 Å². The largest absolute Gasteiger partial charge is 0.493 e. The summed E-state index contributed by atoms with van der Waals surface area (Å²) in [6, 6.07) is 12.4. The summed E-state index contributed by atoms with van der Waals surface area (Å²) in [5.74, 6) is 1.36. The van der Waals surface area contributed by atoms with Crippen LogP contribution in [0.5, 0.6) is 17.2 Å². The molecule has 1 aromatic heterocycles. The number of hydrogen-bond acceptors (Lipinski definition) is 8. The van der Waals surface area contributed by atoms with E-state index in [9.17, 15) is 4.79 Å². The Hall–Kier alpha value is -4.01. The highest BCUT2D eigenvalue weighted by Gasteiger charge is 2.38. The lowest BCUT2D eigenvalue weighted by Crippen LogP contribution is -2.30. The molecule has 0 saturated heterocycles. The van der Waals surface area contributed by atoms with Crippen molar-refractivity contribution in [3.63, 3.8) is 0 Å². The zero-order valence-electron chi connectivity index (χ0n) is 18.3. The number of ether oxygens (including phenoxy) is 4. The lowest BCUT2D eigenvalue weighted by Gasteiger charge is -2.30. The van der Waals surface area contributed by atoms with Gasteiger partial charge in [-0.25, -0.2) is 9.48 Å². The maximum Gasteiger partial charge on any atom is 0.338 e. The smallest absolute Gasteiger partial charge is 0.338 e. The summed E-state index contributed by atoms with van der Waals surface area (Å²) in [5.41, 5.74) is 2.43. The molecule has 0 saturated carbocycles. The Bertz CT molecular complexity index is 1160. The van der Waals surface area contributed by atoms with Gasteiger partial charge in [0.05, 0.1) is 39.2 Å². The van der Waals surface area contributed by atoms with Crippen molar-refractivity contribution in [2.75, 3.05) is 33.3 Å². The third kappa shape index (κ3) is 3.51. The first-order chi connectivity index (χ1) is 15.6. The SMILES string of the molecule is CCOC(=O)C1=C(c2ccccc2)Nc2ncnn2[C@@H]1c1ccc(OC)c(OC)c1OC. The van der Waals surface area contributed by atoms with Crippen molar-refractivity contribution in [1.82, 2.24) is 14.8 Å². The molecule has 0 bridgehead atoms. The minimum atomic E-state index is -0.683. The summed E-state index contributed by atoms with van der Waals surface area (Å²) in [6.45, 7) is 1.99. The number of methoxy groups -OCH3 is 3. The van der Waals surface area contributed by atoms with Crippen LogP contribution in [0.3, 0.4) is 0 Å². The Kier molecular flexibility index (Phi) is 5.98. The molecule has 1 atom stereocenters. The van der Waals surface area contributed by atoms with Crippen molar-refractivity contribution < 1.29 is 23.7 Å². The van der Waals surface area contributed by atoms with E-state index in [0.29, 0.717) is 40.0 Å². The van der Waals surface area contributed by atoms with E-state index >= 15 is 0 Å². The summed E-state index contributed by atoms with van der Waals surface area (Å²) in [4.78, 5) is 17.6. The van der Waals surface area contributed by atoms with Gasteiger partial charge in [0.25, 0.3) is 0 Å². The van der Waals surface area contributed by atoms with E-state index in [2.05, 4.69) is 15.4 Å². The number of benzene rings is 2. The van der Waals surface area contributed by atoms with E-state index in [1.165, 1.54) is 20.5 Å². The second-order valence-electron chi connectivity index (χ2n) is 6.85. The Morgan fingerprint density at radius 3 is 2.44 bits per heavy atom. The quantitative estimate of drug-likeness (QED) is 0.564. The fraction of sp³-hybridized carbons (Fsp3) is 0.261. The highest BCUT2D eigenvalue weighted by atomic mass is 16.5. The van der Waals surface area contributed by atoms with Crippen LogP contribution >= 0.6 is 0 Å². The number of hydrogen-bond donors (Lipinski definition) is 1. The lowest BCUT2D eigenvalue weighted by atomic mass is 9.92. The number of rotatable bonds is 7. The number of anilines is 1. The highest BCUT2D eigenvalue weighted by molar-refractivity contribution is 6.02. The van der Waals surface area contributed by atoms with Crippen LogP contribution in [0.4, 0.5) is 5.95 Å². The van der Waals surface area contributed by atoms with Crippen LogP contribution in [-0.4, -0.2) is 48.7 Å². The molecule has 1 N–H and O–H groups in total. The number of esters is 1. The second-order valence-corrected chi connectivity index (χ2v) is 6.85. The average Bonchev–Trinajstić information content (AvgIpc) is 3.31. The molecule has 0 fully saturated rings. The molecular weight excluding hydrogens is 412 g/mol. The third-order valence-corrected chi connectivity index (χ3v) is 5.18. The van der Waals surface area contributed by atoms with Gasteiger partial charge in [-0.2, -0.15) is 10.1 Å². The third-order valence-electron chi connectivity index (χ3n) is 5.18. The van der Waals surface area contributed by atoms with Gasteiger partial charge in [-0.3, -0.25) is 0 Å². The van der Waals surface area contributed by atoms with Crippen LogP contribution in [0.1, 0.15) is 24.1 Å².